The third-order valence-electron chi connectivity index (χ3n) is 2.75. The van der Waals surface area contributed by atoms with Crippen LogP contribution in [0.5, 0.6) is 5.75 Å². The number of aromatic hydroxyl groups is 1. The fourth-order valence-corrected chi connectivity index (χ4v) is 1.86. The summed E-state index contributed by atoms with van der Waals surface area (Å²) in [5.41, 5.74) is 1.35. The lowest BCUT2D eigenvalue weighted by Crippen LogP contribution is -1.99. The molecule has 3 aromatic rings. The smallest absolute Gasteiger partial charge is 0.337 e. The molecule has 2 heterocycles. The van der Waals surface area contributed by atoms with E-state index in [-0.39, 0.29) is 11.3 Å². The molecule has 0 unspecified atom stereocenters. The molecule has 0 amide bonds. The van der Waals surface area contributed by atoms with Gasteiger partial charge in [0.15, 0.2) is 11.5 Å². The third kappa shape index (κ3) is 1.89. The number of phenolic OH excluding ortho intramolecular Hbond substituents is 1. The van der Waals surface area contributed by atoms with Gasteiger partial charge in [0.05, 0.1) is 5.56 Å². The van der Waals surface area contributed by atoms with Gasteiger partial charge in [-0.2, -0.15) is 0 Å². The Morgan fingerprint density at radius 1 is 1.16 bits per heavy atom. The third-order valence-corrected chi connectivity index (χ3v) is 2.75. The minimum absolute atomic E-state index is 0.114. The molecule has 0 aliphatic heterocycles. The summed E-state index contributed by atoms with van der Waals surface area (Å²) in [6.45, 7) is 0. The van der Waals surface area contributed by atoms with Crippen LogP contribution < -0.4 is 0 Å². The first-order valence-electron chi connectivity index (χ1n) is 5.52. The van der Waals surface area contributed by atoms with Crippen LogP contribution in [0.25, 0.3) is 17.0 Å². The highest BCUT2D eigenvalue weighted by molar-refractivity contribution is 5.87. The molecular formula is C13H9N3O3. The average molecular weight is 255 g/mol. The second-order valence-electron chi connectivity index (χ2n) is 4.03. The van der Waals surface area contributed by atoms with Gasteiger partial charge < -0.3 is 10.2 Å². The van der Waals surface area contributed by atoms with Gasteiger partial charge in [-0.25, -0.2) is 4.79 Å². The Kier molecular flexibility index (Phi) is 2.42. The normalized spacial score (nSPS) is 10.7. The number of aromatic carboxylic acids is 1. The highest BCUT2D eigenvalue weighted by Crippen LogP contribution is 2.22. The van der Waals surface area contributed by atoms with Crippen molar-refractivity contribution >= 4 is 11.6 Å². The summed E-state index contributed by atoms with van der Waals surface area (Å²) in [5.74, 6) is -0.421. The number of hydrogen-bond acceptors (Lipinski definition) is 4. The van der Waals surface area contributed by atoms with Crippen molar-refractivity contribution in [3.05, 3.63) is 48.2 Å². The van der Waals surface area contributed by atoms with E-state index in [4.69, 9.17) is 5.11 Å². The van der Waals surface area contributed by atoms with Crippen molar-refractivity contribution in [3.63, 3.8) is 0 Å². The molecule has 0 saturated carbocycles. The van der Waals surface area contributed by atoms with Gasteiger partial charge in [0.1, 0.15) is 5.75 Å². The summed E-state index contributed by atoms with van der Waals surface area (Å²) in [7, 11) is 0. The summed E-state index contributed by atoms with van der Waals surface area (Å²) in [6.07, 6.45) is 1.46. The largest absolute Gasteiger partial charge is 0.508 e. The highest BCUT2D eigenvalue weighted by atomic mass is 16.4. The number of aromatic nitrogens is 3. The average Bonchev–Trinajstić information content (AvgIpc) is 2.81. The maximum absolute atomic E-state index is 11.0. The Hall–Kier alpha value is -2.89. The number of nitrogens with zero attached hydrogens (tertiary/aromatic N) is 3. The molecule has 0 saturated heterocycles. The Morgan fingerprint density at radius 3 is 2.74 bits per heavy atom. The van der Waals surface area contributed by atoms with Crippen LogP contribution >= 0.6 is 0 Å². The topological polar surface area (TPSA) is 87.7 Å². The van der Waals surface area contributed by atoms with Gasteiger partial charge in [-0.1, -0.05) is 12.1 Å². The SMILES string of the molecule is O=C(O)c1ccc2nnc(-c3cccc(O)c3)n2c1. The summed E-state index contributed by atoms with van der Waals surface area (Å²) in [6, 6.07) is 9.61. The van der Waals surface area contributed by atoms with Crippen molar-refractivity contribution in [1.82, 2.24) is 14.6 Å². The van der Waals surface area contributed by atoms with E-state index >= 15 is 0 Å². The van der Waals surface area contributed by atoms with E-state index in [2.05, 4.69) is 10.2 Å². The standard InChI is InChI=1S/C13H9N3O3/c17-10-3-1-2-8(6-10)12-15-14-11-5-4-9(13(18)19)7-16(11)12/h1-7,17H,(H,18,19). The van der Waals surface area contributed by atoms with E-state index in [9.17, 15) is 9.90 Å². The zero-order valence-electron chi connectivity index (χ0n) is 9.69. The van der Waals surface area contributed by atoms with Crippen molar-refractivity contribution in [2.45, 2.75) is 0 Å². The zero-order valence-corrected chi connectivity index (χ0v) is 9.69. The van der Waals surface area contributed by atoms with Crippen LogP contribution in [0.15, 0.2) is 42.6 Å². The summed E-state index contributed by atoms with van der Waals surface area (Å²) in [5, 5.41) is 26.4. The first kappa shape index (κ1) is 11.2. The maximum Gasteiger partial charge on any atom is 0.337 e. The minimum Gasteiger partial charge on any atom is -0.508 e. The number of carboxylic acids is 1. The van der Waals surface area contributed by atoms with Crippen molar-refractivity contribution in [2.24, 2.45) is 0 Å². The zero-order chi connectivity index (χ0) is 13.4. The predicted molar refractivity (Wildman–Crippen MR) is 67.0 cm³/mol. The van der Waals surface area contributed by atoms with E-state index < -0.39 is 5.97 Å². The molecule has 1 aromatic carbocycles. The molecule has 0 aliphatic carbocycles. The molecule has 0 spiro atoms. The second-order valence-corrected chi connectivity index (χ2v) is 4.03. The van der Waals surface area contributed by atoms with E-state index in [1.165, 1.54) is 12.3 Å². The lowest BCUT2D eigenvalue weighted by molar-refractivity contribution is 0.0696. The van der Waals surface area contributed by atoms with Crippen LogP contribution in [0.1, 0.15) is 10.4 Å². The molecule has 0 fully saturated rings. The van der Waals surface area contributed by atoms with Crippen molar-refractivity contribution in [2.75, 3.05) is 0 Å². The van der Waals surface area contributed by atoms with Crippen LogP contribution in [-0.4, -0.2) is 30.8 Å². The predicted octanol–water partition coefficient (Wildman–Crippen LogP) is 1.80. The van der Waals surface area contributed by atoms with Gasteiger partial charge in [-0.3, -0.25) is 4.40 Å². The van der Waals surface area contributed by atoms with Gasteiger partial charge in [0.2, 0.25) is 0 Å². The molecule has 6 heteroatoms. The number of hydrogen-bond donors (Lipinski definition) is 2. The minimum atomic E-state index is -1.02. The summed E-state index contributed by atoms with van der Waals surface area (Å²) < 4.78 is 1.58. The first-order valence-corrected chi connectivity index (χ1v) is 5.52. The monoisotopic (exact) mass is 255 g/mol. The van der Waals surface area contributed by atoms with Gasteiger partial charge in [0.25, 0.3) is 0 Å². The molecule has 3 rings (SSSR count). The van der Waals surface area contributed by atoms with Crippen LogP contribution in [0.4, 0.5) is 0 Å². The van der Waals surface area contributed by atoms with Crippen LogP contribution in [0, 0.1) is 0 Å². The molecule has 0 aliphatic rings. The summed E-state index contributed by atoms with van der Waals surface area (Å²) in [4.78, 5) is 11.0. The van der Waals surface area contributed by atoms with E-state index in [0.29, 0.717) is 17.0 Å². The number of fused-ring (bicyclic) bond motifs is 1. The van der Waals surface area contributed by atoms with Crippen LogP contribution in [0.2, 0.25) is 0 Å². The number of carbonyl (C=O) groups is 1. The number of phenols is 1. The Bertz CT molecular complexity index is 780. The fourth-order valence-electron chi connectivity index (χ4n) is 1.86. The highest BCUT2D eigenvalue weighted by Gasteiger charge is 2.11. The Morgan fingerprint density at radius 2 is 2.00 bits per heavy atom. The van der Waals surface area contributed by atoms with Crippen molar-refractivity contribution in [1.29, 1.82) is 0 Å². The van der Waals surface area contributed by atoms with Crippen molar-refractivity contribution < 1.29 is 15.0 Å². The molecule has 2 N–H and O–H groups in total. The molecule has 0 atom stereocenters. The molecule has 0 bridgehead atoms. The van der Waals surface area contributed by atoms with E-state index in [1.807, 2.05) is 0 Å². The number of rotatable bonds is 2. The van der Waals surface area contributed by atoms with Gasteiger partial charge >= 0.3 is 5.97 Å². The van der Waals surface area contributed by atoms with Gasteiger partial charge in [-0.05, 0) is 24.3 Å². The molecule has 19 heavy (non-hydrogen) atoms. The van der Waals surface area contributed by atoms with Crippen LogP contribution in [0.3, 0.4) is 0 Å². The Balaban J connectivity index is 2.24. The van der Waals surface area contributed by atoms with Crippen molar-refractivity contribution in [3.8, 4) is 17.1 Å². The lowest BCUT2D eigenvalue weighted by atomic mass is 10.2. The van der Waals surface area contributed by atoms with Crippen LogP contribution in [-0.2, 0) is 0 Å². The van der Waals surface area contributed by atoms with Gasteiger partial charge in [0, 0.05) is 11.8 Å². The molecular weight excluding hydrogens is 246 g/mol. The maximum atomic E-state index is 11.0. The molecule has 6 nitrogen and oxygen atoms in total. The van der Waals surface area contributed by atoms with E-state index in [0.717, 1.165) is 0 Å². The quantitative estimate of drug-likeness (QED) is 0.729. The molecule has 0 radical (unpaired) electrons. The van der Waals surface area contributed by atoms with E-state index in [1.54, 1.807) is 34.7 Å². The summed E-state index contributed by atoms with van der Waals surface area (Å²) >= 11 is 0. The second kappa shape index (κ2) is 4.09. The molecule has 94 valence electrons. The fraction of sp³-hybridized carbons (Fsp3) is 0. The number of carboxylic acid groups (broad SMARTS) is 1. The number of pyridine rings is 1. The lowest BCUT2D eigenvalue weighted by Gasteiger charge is -2.02. The Labute approximate surface area is 107 Å². The molecule has 2 aromatic heterocycles. The first-order chi connectivity index (χ1) is 9.15. The van der Waals surface area contributed by atoms with Gasteiger partial charge in [-0.15, -0.1) is 10.2 Å². The number of benzene rings is 1.